The number of nitrogens with zero attached hydrogens (tertiary/aromatic N) is 2. The highest BCUT2D eigenvalue weighted by atomic mass is 32.1. The fraction of sp³-hybridized carbons (Fsp3) is 0.312. The van der Waals surface area contributed by atoms with E-state index < -0.39 is 0 Å². The smallest absolute Gasteiger partial charge is 0.128 e. The first-order valence-electron chi connectivity index (χ1n) is 6.87. The highest BCUT2D eigenvalue weighted by Gasteiger charge is 2.08. The number of rotatable bonds is 5. The van der Waals surface area contributed by atoms with Crippen molar-refractivity contribution in [2.24, 2.45) is 0 Å². The van der Waals surface area contributed by atoms with Crippen LogP contribution < -0.4 is 4.74 Å². The van der Waals surface area contributed by atoms with E-state index in [-0.39, 0.29) is 0 Å². The van der Waals surface area contributed by atoms with Gasteiger partial charge < -0.3 is 9.30 Å². The molecule has 1 aromatic carbocycles. The maximum absolute atomic E-state index is 5.40. The number of thiazole rings is 1. The summed E-state index contributed by atoms with van der Waals surface area (Å²) < 4.78 is 7.62. The molecular weight excluding hydrogens is 268 g/mol. The van der Waals surface area contributed by atoms with Crippen LogP contribution in [-0.4, -0.2) is 16.7 Å². The van der Waals surface area contributed by atoms with Crippen LogP contribution in [0.25, 0.3) is 10.9 Å². The van der Waals surface area contributed by atoms with Gasteiger partial charge in [-0.05, 0) is 31.0 Å². The molecule has 2 heterocycles. The molecule has 0 N–H and O–H groups in total. The lowest BCUT2D eigenvalue weighted by molar-refractivity contribution is 0.420. The van der Waals surface area contributed by atoms with Crippen LogP contribution in [0.3, 0.4) is 0 Å². The molecular formula is C16H18N2OS. The summed E-state index contributed by atoms with van der Waals surface area (Å²) in [4.78, 5) is 4.69. The van der Waals surface area contributed by atoms with Gasteiger partial charge in [0.1, 0.15) is 5.75 Å². The number of aryl methyl sites for hydroxylation is 1. The molecule has 104 valence electrons. The average Bonchev–Trinajstić information content (AvgIpc) is 3.07. The molecule has 3 rings (SSSR count). The van der Waals surface area contributed by atoms with Gasteiger partial charge in [-0.25, -0.2) is 4.98 Å². The molecule has 0 aliphatic heterocycles. The Kier molecular flexibility index (Phi) is 3.74. The zero-order chi connectivity index (χ0) is 13.9. The van der Waals surface area contributed by atoms with Crippen molar-refractivity contribution in [2.75, 3.05) is 7.11 Å². The molecule has 0 aliphatic rings. The van der Waals surface area contributed by atoms with Crippen molar-refractivity contribution in [1.82, 2.24) is 9.55 Å². The van der Waals surface area contributed by atoms with Crippen LogP contribution in [0.15, 0.2) is 35.8 Å². The number of fused-ring (bicyclic) bond motifs is 1. The SMILES string of the molecule is CCCc1nc(Cn2ccc3c(OC)cccc32)cs1. The third-order valence-electron chi connectivity index (χ3n) is 3.39. The van der Waals surface area contributed by atoms with Gasteiger partial charge in [0, 0.05) is 17.0 Å². The van der Waals surface area contributed by atoms with Gasteiger partial charge in [-0.15, -0.1) is 11.3 Å². The normalized spacial score (nSPS) is 11.1. The quantitative estimate of drug-likeness (QED) is 0.706. The van der Waals surface area contributed by atoms with Crippen LogP contribution >= 0.6 is 11.3 Å². The van der Waals surface area contributed by atoms with Crippen molar-refractivity contribution in [2.45, 2.75) is 26.3 Å². The fourth-order valence-corrected chi connectivity index (χ4v) is 3.33. The number of aromatic nitrogens is 2. The van der Waals surface area contributed by atoms with Crippen molar-refractivity contribution in [3.63, 3.8) is 0 Å². The van der Waals surface area contributed by atoms with Gasteiger partial charge in [0.25, 0.3) is 0 Å². The topological polar surface area (TPSA) is 27.1 Å². The van der Waals surface area contributed by atoms with E-state index in [1.807, 2.05) is 12.1 Å². The van der Waals surface area contributed by atoms with E-state index in [9.17, 15) is 0 Å². The Labute approximate surface area is 122 Å². The average molecular weight is 286 g/mol. The number of hydrogen-bond acceptors (Lipinski definition) is 3. The predicted octanol–water partition coefficient (Wildman–Crippen LogP) is 4.11. The van der Waals surface area contributed by atoms with Gasteiger partial charge >= 0.3 is 0 Å². The fourth-order valence-electron chi connectivity index (χ4n) is 2.44. The lowest BCUT2D eigenvalue weighted by Gasteiger charge is -2.05. The van der Waals surface area contributed by atoms with Crippen LogP contribution in [0.1, 0.15) is 24.0 Å². The monoisotopic (exact) mass is 286 g/mol. The van der Waals surface area contributed by atoms with Gasteiger partial charge in [-0.2, -0.15) is 0 Å². The summed E-state index contributed by atoms with van der Waals surface area (Å²) in [6.07, 6.45) is 4.33. The number of hydrogen-bond donors (Lipinski definition) is 0. The van der Waals surface area contributed by atoms with E-state index in [0.717, 1.165) is 36.2 Å². The van der Waals surface area contributed by atoms with Crippen molar-refractivity contribution in [3.8, 4) is 5.75 Å². The summed E-state index contributed by atoms with van der Waals surface area (Å²) >= 11 is 1.76. The summed E-state index contributed by atoms with van der Waals surface area (Å²) in [6.45, 7) is 3.00. The predicted molar refractivity (Wildman–Crippen MR) is 83.7 cm³/mol. The first-order valence-corrected chi connectivity index (χ1v) is 7.75. The van der Waals surface area contributed by atoms with E-state index in [4.69, 9.17) is 9.72 Å². The highest BCUT2D eigenvalue weighted by Crippen LogP contribution is 2.27. The minimum Gasteiger partial charge on any atom is -0.496 e. The second kappa shape index (κ2) is 5.67. The van der Waals surface area contributed by atoms with Gasteiger partial charge in [0.2, 0.25) is 0 Å². The first-order chi connectivity index (χ1) is 9.81. The molecule has 4 heteroatoms. The molecule has 20 heavy (non-hydrogen) atoms. The highest BCUT2D eigenvalue weighted by molar-refractivity contribution is 7.09. The summed E-state index contributed by atoms with van der Waals surface area (Å²) in [7, 11) is 1.71. The Balaban J connectivity index is 1.90. The van der Waals surface area contributed by atoms with Crippen LogP contribution in [0.2, 0.25) is 0 Å². The molecule has 0 unspecified atom stereocenters. The molecule has 0 fully saturated rings. The maximum Gasteiger partial charge on any atom is 0.128 e. The maximum atomic E-state index is 5.40. The van der Waals surface area contributed by atoms with Crippen LogP contribution in [0.4, 0.5) is 0 Å². The first kappa shape index (κ1) is 13.2. The van der Waals surface area contributed by atoms with Crippen LogP contribution in [0.5, 0.6) is 5.75 Å². The second-order valence-electron chi connectivity index (χ2n) is 4.82. The lowest BCUT2D eigenvalue weighted by Crippen LogP contribution is -1.98. The Hall–Kier alpha value is -1.81. The molecule has 0 spiro atoms. The van der Waals surface area contributed by atoms with Crippen molar-refractivity contribution < 1.29 is 4.74 Å². The molecule has 0 aliphatic carbocycles. The van der Waals surface area contributed by atoms with Crippen molar-refractivity contribution in [3.05, 3.63) is 46.5 Å². The van der Waals surface area contributed by atoms with E-state index in [0.29, 0.717) is 0 Å². The van der Waals surface area contributed by atoms with Crippen LogP contribution in [0, 0.1) is 0 Å². The number of methoxy groups -OCH3 is 1. The van der Waals surface area contributed by atoms with Gasteiger partial charge in [-0.3, -0.25) is 0 Å². The Morgan fingerprint density at radius 1 is 1.30 bits per heavy atom. The molecule has 0 atom stereocenters. The van der Waals surface area contributed by atoms with Crippen LogP contribution in [-0.2, 0) is 13.0 Å². The Morgan fingerprint density at radius 3 is 3.00 bits per heavy atom. The van der Waals surface area contributed by atoms with Gasteiger partial charge in [0.15, 0.2) is 0 Å². The third kappa shape index (κ3) is 2.43. The minimum atomic E-state index is 0.816. The molecule has 0 saturated heterocycles. The molecule has 3 aromatic rings. The molecule has 0 saturated carbocycles. The minimum absolute atomic E-state index is 0.816. The number of benzene rings is 1. The summed E-state index contributed by atoms with van der Waals surface area (Å²) in [5.41, 5.74) is 2.33. The Morgan fingerprint density at radius 2 is 2.20 bits per heavy atom. The molecule has 3 nitrogen and oxygen atoms in total. The number of ether oxygens (including phenoxy) is 1. The molecule has 0 amide bonds. The summed E-state index contributed by atoms with van der Waals surface area (Å²) in [6, 6.07) is 8.25. The molecule has 2 aromatic heterocycles. The standard InChI is InChI=1S/C16H18N2OS/c1-3-5-16-17-12(11-20-16)10-18-9-8-13-14(18)6-4-7-15(13)19-2/h4,6-9,11H,3,5,10H2,1-2H3. The lowest BCUT2D eigenvalue weighted by atomic mass is 10.2. The van der Waals surface area contributed by atoms with E-state index in [1.54, 1.807) is 18.4 Å². The van der Waals surface area contributed by atoms with E-state index in [2.05, 4.69) is 35.2 Å². The summed E-state index contributed by atoms with van der Waals surface area (Å²) in [5.74, 6) is 0.922. The second-order valence-corrected chi connectivity index (χ2v) is 5.76. The molecule has 0 bridgehead atoms. The van der Waals surface area contributed by atoms with Crippen molar-refractivity contribution in [1.29, 1.82) is 0 Å². The van der Waals surface area contributed by atoms with Gasteiger partial charge in [-0.1, -0.05) is 13.0 Å². The summed E-state index contributed by atoms with van der Waals surface area (Å²) in [5, 5.41) is 4.55. The molecule has 0 radical (unpaired) electrons. The zero-order valence-corrected chi connectivity index (χ0v) is 12.6. The van der Waals surface area contributed by atoms with E-state index in [1.165, 1.54) is 10.5 Å². The zero-order valence-electron chi connectivity index (χ0n) is 11.8. The van der Waals surface area contributed by atoms with E-state index >= 15 is 0 Å². The third-order valence-corrected chi connectivity index (χ3v) is 4.35. The Bertz CT molecular complexity index is 714. The largest absolute Gasteiger partial charge is 0.496 e. The van der Waals surface area contributed by atoms with Crippen molar-refractivity contribution >= 4 is 22.2 Å². The van der Waals surface area contributed by atoms with Gasteiger partial charge in [0.05, 0.1) is 29.9 Å².